The molecule has 0 aromatic heterocycles. The molecule has 0 bridgehead atoms. The van der Waals surface area contributed by atoms with Gasteiger partial charge in [-0.25, -0.2) is 4.57 Å². The maximum Gasteiger partial charge on any atom is 0.472 e. The Morgan fingerprint density at radius 1 is 0.600 bits per heavy atom. The molecule has 0 saturated heterocycles. The minimum atomic E-state index is -4.36. The third-order valence-corrected chi connectivity index (χ3v) is 10.2. The van der Waals surface area contributed by atoms with Crippen LogP contribution in [0.1, 0.15) is 180 Å². The predicted octanol–water partition coefficient (Wildman–Crippen LogP) is 10.8. The van der Waals surface area contributed by atoms with E-state index in [0.29, 0.717) is 23.9 Å². The van der Waals surface area contributed by atoms with Crippen LogP contribution in [0, 0.1) is 0 Å². The number of ether oxygens (including phenoxy) is 2. The molecule has 0 spiro atoms. The molecule has 0 rings (SSSR count). The summed E-state index contributed by atoms with van der Waals surface area (Å²) in [5.41, 5.74) is 0. The van der Waals surface area contributed by atoms with Gasteiger partial charge in [0.2, 0.25) is 0 Å². The van der Waals surface area contributed by atoms with Crippen LogP contribution in [0.3, 0.4) is 0 Å². The molecular formula is C39H79NO8PS+. The molecular weight excluding hydrogens is 673 g/mol. The fourth-order valence-corrected chi connectivity index (χ4v) is 6.66. The number of quaternary nitrogens is 1. The number of unbranched alkanes of at least 4 members (excludes halogenated alkanes) is 23. The fourth-order valence-electron chi connectivity index (χ4n) is 5.70. The smallest absolute Gasteiger partial charge is 0.462 e. The van der Waals surface area contributed by atoms with Gasteiger partial charge >= 0.3 is 19.8 Å². The van der Waals surface area contributed by atoms with Crippen molar-refractivity contribution in [3.05, 3.63) is 0 Å². The van der Waals surface area contributed by atoms with Crippen molar-refractivity contribution >= 4 is 32.4 Å². The van der Waals surface area contributed by atoms with E-state index in [1.54, 1.807) is 0 Å². The molecule has 298 valence electrons. The number of hydrogen-bond acceptors (Lipinski definition) is 8. The van der Waals surface area contributed by atoms with E-state index >= 15 is 0 Å². The number of nitrogens with zero attached hydrogens (tertiary/aromatic N) is 1. The van der Waals surface area contributed by atoms with Crippen LogP contribution in [0.15, 0.2) is 0 Å². The molecule has 0 aliphatic carbocycles. The van der Waals surface area contributed by atoms with Gasteiger partial charge < -0.3 is 18.9 Å². The highest BCUT2D eigenvalue weighted by Gasteiger charge is 2.27. The summed E-state index contributed by atoms with van der Waals surface area (Å²) in [7, 11) is 1.48. The summed E-state index contributed by atoms with van der Waals surface area (Å²) in [6.45, 7) is 2.18. The summed E-state index contributed by atoms with van der Waals surface area (Å²) in [6, 6.07) is 0. The van der Waals surface area contributed by atoms with Crippen LogP contribution in [-0.4, -0.2) is 80.7 Å². The van der Waals surface area contributed by atoms with E-state index in [2.05, 4.69) is 19.6 Å². The van der Waals surface area contributed by atoms with E-state index in [9.17, 15) is 19.0 Å². The standard InChI is InChI=1S/C39H78NO8PS/c1-5-6-7-8-9-10-11-12-15-18-21-24-27-30-38(41)45-35-37(36-47-49(43,44)46-33-32-40(2,3)4)48-39(42)31-28-25-22-19-16-13-14-17-20-23-26-29-34-50/h37H,5-36H2,1-4H3,(H-,43,44,50)/p+1/t37-/m1/s1. The van der Waals surface area contributed by atoms with Crippen LogP contribution >= 0.6 is 20.5 Å². The molecule has 9 nitrogen and oxygen atoms in total. The van der Waals surface area contributed by atoms with Crippen molar-refractivity contribution in [2.75, 3.05) is 53.3 Å². The number of hydrogen-bond donors (Lipinski definition) is 2. The maximum absolute atomic E-state index is 12.6. The van der Waals surface area contributed by atoms with Gasteiger partial charge in [-0.15, -0.1) is 0 Å². The Morgan fingerprint density at radius 2 is 1.00 bits per heavy atom. The first-order chi connectivity index (χ1) is 24.0. The lowest BCUT2D eigenvalue weighted by atomic mass is 10.0. The molecule has 1 N–H and O–H groups in total. The van der Waals surface area contributed by atoms with E-state index in [-0.39, 0.29) is 25.6 Å². The van der Waals surface area contributed by atoms with Crippen molar-refractivity contribution in [3.8, 4) is 0 Å². The Bertz CT molecular complexity index is 841. The Kier molecular flexibility index (Phi) is 33.7. The zero-order valence-electron chi connectivity index (χ0n) is 32.9. The van der Waals surface area contributed by atoms with Crippen LogP contribution in [0.25, 0.3) is 0 Å². The second-order valence-electron chi connectivity index (χ2n) is 15.1. The lowest BCUT2D eigenvalue weighted by Crippen LogP contribution is -2.37. The number of carbonyl (C=O) groups excluding carboxylic acids is 2. The number of phosphoric acid groups is 1. The van der Waals surface area contributed by atoms with Crippen molar-refractivity contribution in [2.45, 2.75) is 186 Å². The van der Waals surface area contributed by atoms with Gasteiger partial charge in [-0.05, 0) is 25.0 Å². The van der Waals surface area contributed by atoms with Gasteiger partial charge in [0.05, 0.1) is 27.7 Å². The summed E-state index contributed by atoms with van der Waals surface area (Å²) in [5, 5.41) is 0. The first kappa shape index (κ1) is 49.4. The molecule has 0 aliphatic rings. The first-order valence-corrected chi connectivity index (χ1v) is 22.5. The van der Waals surface area contributed by atoms with Crippen molar-refractivity contribution < 1.29 is 42.1 Å². The molecule has 0 radical (unpaired) electrons. The van der Waals surface area contributed by atoms with Crippen molar-refractivity contribution in [1.29, 1.82) is 0 Å². The largest absolute Gasteiger partial charge is 0.472 e. The second-order valence-corrected chi connectivity index (χ2v) is 17.0. The Morgan fingerprint density at radius 3 is 1.42 bits per heavy atom. The van der Waals surface area contributed by atoms with E-state index in [1.165, 1.54) is 122 Å². The first-order valence-electron chi connectivity index (χ1n) is 20.4. The van der Waals surface area contributed by atoms with Crippen LogP contribution < -0.4 is 0 Å². The molecule has 0 heterocycles. The zero-order valence-corrected chi connectivity index (χ0v) is 34.6. The van der Waals surface area contributed by atoms with Gasteiger partial charge in [-0.1, -0.05) is 148 Å². The van der Waals surface area contributed by atoms with E-state index in [1.807, 2.05) is 21.1 Å². The normalized spacial score (nSPS) is 13.6. The Labute approximate surface area is 313 Å². The summed E-state index contributed by atoms with van der Waals surface area (Å²) < 4.78 is 34.2. The van der Waals surface area contributed by atoms with E-state index < -0.39 is 26.5 Å². The molecule has 11 heteroatoms. The summed E-state index contributed by atoms with van der Waals surface area (Å²) in [5.74, 6) is 0.193. The SMILES string of the molecule is CCCCCCCCCCCCCCCC(=O)OC[C@H](COP(=O)(O)OCC[N+](C)(C)C)OC(=O)CCCCCCCCCCCCCCS. The predicted molar refractivity (Wildman–Crippen MR) is 210 cm³/mol. The fraction of sp³-hybridized carbons (Fsp3) is 0.949. The van der Waals surface area contributed by atoms with Crippen LogP contribution in [0.4, 0.5) is 0 Å². The van der Waals surface area contributed by atoms with Crippen molar-refractivity contribution in [1.82, 2.24) is 0 Å². The minimum absolute atomic E-state index is 0.0343. The highest BCUT2D eigenvalue weighted by atomic mass is 32.1. The zero-order chi connectivity index (χ0) is 37.2. The highest BCUT2D eigenvalue weighted by Crippen LogP contribution is 2.43. The number of phosphoric ester groups is 1. The monoisotopic (exact) mass is 753 g/mol. The topological polar surface area (TPSA) is 108 Å². The van der Waals surface area contributed by atoms with Gasteiger partial charge in [0.15, 0.2) is 6.10 Å². The number of likely N-dealkylation sites (N-methyl/N-ethyl adjacent to an activating group) is 1. The molecule has 50 heavy (non-hydrogen) atoms. The molecule has 0 amide bonds. The Hall–Kier alpha value is -0.640. The lowest BCUT2D eigenvalue weighted by molar-refractivity contribution is -0.870. The number of rotatable bonds is 38. The highest BCUT2D eigenvalue weighted by molar-refractivity contribution is 7.80. The van der Waals surface area contributed by atoms with Gasteiger partial charge in [0, 0.05) is 12.8 Å². The van der Waals surface area contributed by atoms with Crippen LogP contribution in [0.5, 0.6) is 0 Å². The second kappa shape index (κ2) is 34.1. The molecule has 0 aromatic rings. The van der Waals surface area contributed by atoms with Crippen LogP contribution in [-0.2, 0) is 32.7 Å². The van der Waals surface area contributed by atoms with Gasteiger partial charge in [-0.3, -0.25) is 18.6 Å². The molecule has 2 atom stereocenters. The summed E-state index contributed by atoms with van der Waals surface area (Å²) in [6.07, 6.45) is 29.7. The molecule has 0 aromatic carbocycles. The average Bonchev–Trinajstić information content (AvgIpc) is 3.06. The number of carbonyl (C=O) groups is 2. The van der Waals surface area contributed by atoms with Gasteiger partial charge in [0.1, 0.15) is 19.8 Å². The van der Waals surface area contributed by atoms with E-state index in [0.717, 1.165) is 37.9 Å². The van der Waals surface area contributed by atoms with Crippen molar-refractivity contribution in [2.24, 2.45) is 0 Å². The van der Waals surface area contributed by atoms with Gasteiger partial charge in [-0.2, -0.15) is 12.6 Å². The number of esters is 2. The molecule has 0 aliphatic heterocycles. The maximum atomic E-state index is 12.6. The summed E-state index contributed by atoms with van der Waals surface area (Å²) >= 11 is 4.26. The minimum Gasteiger partial charge on any atom is -0.462 e. The van der Waals surface area contributed by atoms with Gasteiger partial charge in [0.25, 0.3) is 0 Å². The average molecular weight is 753 g/mol. The Balaban J connectivity index is 4.36. The van der Waals surface area contributed by atoms with Crippen molar-refractivity contribution in [3.63, 3.8) is 0 Å². The van der Waals surface area contributed by atoms with E-state index in [4.69, 9.17) is 18.5 Å². The third-order valence-electron chi connectivity index (χ3n) is 8.94. The molecule has 0 saturated carbocycles. The molecule has 0 fully saturated rings. The quantitative estimate of drug-likeness (QED) is 0.0211. The third kappa shape index (κ3) is 37.1. The molecule has 1 unspecified atom stereocenters. The summed E-state index contributed by atoms with van der Waals surface area (Å²) in [4.78, 5) is 35.2. The number of thiol groups is 1. The van der Waals surface area contributed by atoms with Crippen LogP contribution in [0.2, 0.25) is 0 Å². The lowest BCUT2D eigenvalue weighted by Gasteiger charge is -2.24.